The number of carbonyl (C=O) groups is 2. The van der Waals surface area contributed by atoms with E-state index in [-0.39, 0.29) is 25.0 Å². The highest BCUT2D eigenvalue weighted by Gasteiger charge is 2.18. The van der Waals surface area contributed by atoms with Gasteiger partial charge in [-0.2, -0.15) is 0 Å². The zero-order chi connectivity index (χ0) is 19.5. The van der Waals surface area contributed by atoms with Gasteiger partial charge in [-0.3, -0.25) is 14.9 Å². The summed E-state index contributed by atoms with van der Waals surface area (Å²) in [6.45, 7) is 0.154. The molecule has 0 radical (unpaired) electrons. The van der Waals surface area contributed by atoms with Crippen LogP contribution in [0.1, 0.15) is 16.1 Å². The standard InChI is InChI=1S/C20H17N3O4S/c1-23(15-5-3-2-4-6-15)18(24)10-14-11-28-20(21-14)22-19(25)13-7-8-16-17(9-13)27-12-26-16/h2-9,11H,10,12H2,1H3,(H,21,22,25). The molecule has 1 aliphatic heterocycles. The molecule has 0 fully saturated rings. The maximum absolute atomic E-state index is 12.5. The maximum Gasteiger partial charge on any atom is 0.257 e. The predicted molar refractivity (Wildman–Crippen MR) is 106 cm³/mol. The third-order valence-corrected chi connectivity index (χ3v) is 5.06. The van der Waals surface area contributed by atoms with Crippen molar-refractivity contribution in [2.24, 2.45) is 0 Å². The molecule has 1 N–H and O–H groups in total. The normalized spacial score (nSPS) is 11.9. The molecule has 2 heterocycles. The summed E-state index contributed by atoms with van der Waals surface area (Å²) >= 11 is 1.28. The van der Waals surface area contributed by atoms with Crippen LogP contribution in [0.15, 0.2) is 53.9 Å². The van der Waals surface area contributed by atoms with Crippen LogP contribution in [0.25, 0.3) is 0 Å². The number of thiazole rings is 1. The van der Waals surface area contributed by atoms with E-state index < -0.39 is 0 Å². The van der Waals surface area contributed by atoms with Crippen molar-refractivity contribution < 1.29 is 19.1 Å². The van der Waals surface area contributed by atoms with Gasteiger partial charge in [0.15, 0.2) is 16.6 Å². The molecule has 0 spiro atoms. The summed E-state index contributed by atoms with van der Waals surface area (Å²) in [7, 11) is 1.73. The lowest BCUT2D eigenvalue weighted by Gasteiger charge is -2.16. The number of para-hydroxylation sites is 1. The van der Waals surface area contributed by atoms with Crippen LogP contribution in [-0.4, -0.2) is 30.6 Å². The number of benzene rings is 2. The van der Waals surface area contributed by atoms with Gasteiger partial charge in [0.1, 0.15) is 0 Å². The molecule has 3 aromatic rings. The summed E-state index contributed by atoms with van der Waals surface area (Å²) in [5, 5.41) is 4.96. The van der Waals surface area contributed by atoms with E-state index in [4.69, 9.17) is 9.47 Å². The monoisotopic (exact) mass is 395 g/mol. The minimum absolute atomic E-state index is 0.0786. The van der Waals surface area contributed by atoms with Crippen molar-refractivity contribution in [2.75, 3.05) is 24.1 Å². The number of nitrogens with one attached hydrogen (secondary N) is 1. The number of likely N-dealkylation sites (N-methyl/N-ethyl adjacent to an activating group) is 1. The minimum Gasteiger partial charge on any atom is -0.454 e. The number of carbonyl (C=O) groups excluding carboxylic acids is 2. The molecule has 0 atom stereocenters. The summed E-state index contributed by atoms with van der Waals surface area (Å²) in [5.41, 5.74) is 1.87. The Balaban J connectivity index is 1.39. The summed E-state index contributed by atoms with van der Waals surface area (Å²) in [5.74, 6) is 0.785. The molecule has 0 unspecified atom stereocenters. The topological polar surface area (TPSA) is 80.8 Å². The van der Waals surface area contributed by atoms with Gasteiger partial charge in [-0.05, 0) is 30.3 Å². The second kappa shape index (κ2) is 7.69. The number of fused-ring (bicyclic) bond motifs is 1. The lowest BCUT2D eigenvalue weighted by atomic mass is 10.2. The second-order valence-electron chi connectivity index (χ2n) is 6.13. The van der Waals surface area contributed by atoms with E-state index in [1.807, 2.05) is 30.3 Å². The van der Waals surface area contributed by atoms with Crippen molar-refractivity contribution in [3.05, 3.63) is 65.2 Å². The first-order valence-corrected chi connectivity index (χ1v) is 9.45. The van der Waals surface area contributed by atoms with Gasteiger partial charge in [-0.15, -0.1) is 11.3 Å². The molecule has 2 aromatic carbocycles. The fraction of sp³-hybridized carbons (Fsp3) is 0.150. The number of aromatic nitrogens is 1. The number of hydrogen-bond donors (Lipinski definition) is 1. The minimum atomic E-state index is -0.299. The summed E-state index contributed by atoms with van der Waals surface area (Å²) in [6.07, 6.45) is 0.155. The van der Waals surface area contributed by atoms with Gasteiger partial charge in [-0.25, -0.2) is 4.98 Å². The first-order chi connectivity index (χ1) is 13.6. The highest BCUT2D eigenvalue weighted by Crippen LogP contribution is 2.32. The average molecular weight is 395 g/mol. The molecule has 0 aliphatic carbocycles. The molecule has 7 nitrogen and oxygen atoms in total. The molecule has 1 aromatic heterocycles. The summed E-state index contributed by atoms with van der Waals surface area (Å²) in [6, 6.07) is 14.4. The molecule has 2 amide bonds. The fourth-order valence-electron chi connectivity index (χ4n) is 2.72. The van der Waals surface area contributed by atoms with E-state index in [0.29, 0.717) is 27.9 Å². The smallest absolute Gasteiger partial charge is 0.257 e. The van der Waals surface area contributed by atoms with Crippen molar-refractivity contribution in [1.29, 1.82) is 0 Å². The Morgan fingerprint density at radius 2 is 1.93 bits per heavy atom. The Morgan fingerprint density at radius 1 is 1.14 bits per heavy atom. The van der Waals surface area contributed by atoms with Crippen molar-refractivity contribution >= 4 is 34.0 Å². The third kappa shape index (κ3) is 3.81. The van der Waals surface area contributed by atoms with Gasteiger partial charge >= 0.3 is 0 Å². The van der Waals surface area contributed by atoms with Crippen LogP contribution >= 0.6 is 11.3 Å². The van der Waals surface area contributed by atoms with Crippen LogP contribution < -0.4 is 19.7 Å². The van der Waals surface area contributed by atoms with E-state index in [1.165, 1.54) is 11.3 Å². The first-order valence-electron chi connectivity index (χ1n) is 8.57. The van der Waals surface area contributed by atoms with Crippen molar-refractivity contribution in [2.45, 2.75) is 6.42 Å². The van der Waals surface area contributed by atoms with Crippen LogP contribution in [0.4, 0.5) is 10.8 Å². The van der Waals surface area contributed by atoms with E-state index in [9.17, 15) is 9.59 Å². The number of ether oxygens (including phenoxy) is 2. The molecule has 8 heteroatoms. The third-order valence-electron chi connectivity index (χ3n) is 4.26. The van der Waals surface area contributed by atoms with Gasteiger partial charge in [0.05, 0.1) is 12.1 Å². The van der Waals surface area contributed by atoms with Gasteiger partial charge in [0.25, 0.3) is 5.91 Å². The van der Waals surface area contributed by atoms with Crippen LogP contribution in [0.2, 0.25) is 0 Å². The molecule has 0 saturated heterocycles. The Labute approximate surface area is 165 Å². The summed E-state index contributed by atoms with van der Waals surface area (Å²) in [4.78, 5) is 30.8. The van der Waals surface area contributed by atoms with E-state index >= 15 is 0 Å². The predicted octanol–water partition coefficient (Wildman–Crippen LogP) is 3.33. The number of nitrogens with zero attached hydrogens (tertiary/aromatic N) is 2. The van der Waals surface area contributed by atoms with Crippen molar-refractivity contribution in [3.63, 3.8) is 0 Å². The Bertz CT molecular complexity index is 1020. The fourth-order valence-corrected chi connectivity index (χ4v) is 3.43. The molecule has 0 bridgehead atoms. The zero-order valence-corrected chi connectivity index (χ0v) is 15.9. The number of rotatable bonds is 5. The highest BCUT2D eigenvalue weighted by atomic mass is 32.1. The van der Waals surface area contributed by atoms with Gasteiger partial charge < -0.3 is 14.4 Å². The quantitative estimate of drug-likeness (QED) is 0.717. The molecule has 4 rings (SSSR count). The molecule has 28 heavy (non-hydrogen) atoms. The molecule has 142 valence electrons. The number of amides is 2. The maximum atomic E-state index is 12.5. The SMILES string of the molecule is CN(C(=O)Cc1csc(NC(=O)c2ccc3c(c2)OCO3)n1)c1ccccc1. The molecular weight excluding hydrogens is 378 g/mol. The summed E-state index contributed by atoms with van der Waals surface area (Å²) < 4.78 is 10.5. The van der Waals surface area contributed by atoms with E-state index in [2.05, 4.69) is 10.3 Å². The molecule has 0 saturated carbocycles. The van der Waals surface area contributed by atoms with Crippen molar-refractivity contribution in [1.82, 2.24) is 4.98 Å². The zero-order valence-electron chi connectivity index (χ0n) is 15.0. The van der Waals surface area contributed by atoms with Crippen LogP contribution in [0.5, 0.6) is 11.5 Å². The highest BCUT2D eigenvalue weighted by molar-refractivity contribution is 7.14. The molecular formula is C20H17N3O4S. The Hall–Kier alpha value is -3.39. The number of anilines is 2. The lowest BCUT2D eigenvalue weighted by molar-refractivity contribution is -0.117. The average Bonchev–Trinajstić information content (AvgIpc) is 3.36. The lowest BCUT2D eigenvalue weighted by Crippen LogP contribution is -2.27. The van der Waals surface area contributed by atoms with Crippen LogP contribution in [0.3, 0.4) is 0 Å². The number of hydrogen-bond acceptors (Lipinski definition) is 6. The van der Waals surface area contributed by atoms with Gasteiger partial charge in [0, 0.05) is 23.7 Å². The largest absolute Gasteiger partial charge is 0.454 e. The van der Waals surface area contributed by atoms with Gasteiger partial charge in [0.2, 0.25) is 12.7 Å². The Kier molecular flexibility index (Phi) is 4.94. The van der Waals surface area contributed by atoms with Crippen LogP contribution in [0, 0.1) is 0 Å². The first kappa shape index (κ1) is 18.0. The van der Waals surface area contributed by atoms with E-state index in [0.717, 1.165) is 5.69 Å². The molecule has 1 aliphatic rings. The second-order valence-corrected chi connectivity index (χ2v) is 6.99. The van der Waals surface area contributed by atoms with Crippen molar-refractivity contribution in [3.8, 4) is 11.5 Å². The van der Waals surface area contributed by atoms with Crippen LogP contribution in [-0.2, 0) is 11.2 Å². The van der Waals surface area contributed by atoms with Gasteiger partial charge in [-0.1, -0.05) is 18.2 Å². The van der Waals surface area contributed by atoms with E-state index in [1.54, 1.807) is 35.5 Å². The Morgan fingerprint density at radius 3 is 2.75 bits per heavy atom.